The summed E-state index contributed by atoms with van der Waals surface area (Å²) in [4.78, 5) is 27.8. The summed E-state index contributed by atoms with van der Waals surface area (Å²) in [7, 11) is 3.87. The SMILES string of the molecule is CN1CC[C@H](N(C)c2ncnc3sc4c(c23)CCCC4)C1=O. The lowest BCUT2D eigenvalue weighted by Crippen LogP contribution is -2.39. The fourth-order valence-corrected chi connectivity index (χ4v) is 4.88. The van der Waals surface area contributed by atoms with Crippen LogP contribution in [-0.2, 0) is 17.6 Å². The summed E-state index contributed by atoms with van der Waals surface area (Å²) in [5, 5.41) is 1.19. The molecule has 22 heavy (non-hydrogen) atoms. The van der Waals surface area contributed by atoms with Gasteiger partial charge in [0.15, 0.2) is 0 Å². The number of thiophene rings is 1. The van der Waals surface area contributed by atoms with Crippen LogP contribution in [0.3, 0.4) is 0 Å². The summed E-state index contributed by atoms with van der Waals surface area (Å²) in [5.41, 5.74) is 1.42. The van der Waals surface area contributed by atoms with E-state index in [1.807, 2.05) is 19.0 Å². The summed E-state index contributed by atoms with van der Waals surface area (Å²) >= 11 is 1.80. The molecule has 5 nitrogen and oxygen atoms in total. The second-order valence-corrected chi connectivity index (χ2v) is 7.35. The van der Waals surface area contributed by atoms with Crippen LogP contribution in [0.2, 0.25) is 0 Å². The Balaban J connectivity index is 1.81. The highest BCUT2D eigenvalue weighted by Gasteiger charge is 2.34. The van der Waals surface area contributed by atoms with Crippen molar-refractivity contribution in [1.82, 2.24) is 14.9 Å². The van der Waals surface area contributed by atoms with Crippen LogP contribution < -0.4 is 4.90 Å². The van der Waals surface area contributed by atoms with E-state index >= 15 is 0 Å². The number of anilines is 1. The van der Waals surface area contributed by atoms with Gasteiger partial charge in [0.25, 0.3) is 0 Å². The number of hydrogen-bond donors (Lipinski definition) is 0. The molecule has 4 rings (SSSR count). The van der Waals surface area contributed by atoms with Crippen molar-refractivity contribution in [2.75, 3.05) is 25.5 Å². The van der Waals surface area contributed by atoms with E-state index in [2.05, 4.69) is 14.9 Å². The molecule has 1 amide bonds. The third-order valence-corrected chi connectivity index (χ3v) is 6.13. The number of carbonyl (C=O) groups excluding carboxylic acids is 1. The van der Waals surface area contributed by atoms with Crippen molar-refractivity contribution in [3.05, 3.63) is 16.8 Å². The number of aromatic nitrogens is 2. The largest absolute Gasteiger partial charge is 0.347 e. The second-order valence-electron chi connectivity index (χ2n) is 6.26. The lowest BCUT2D eigenvalue weighted by Gasteiger charge is -2.25. The predicted molar refractivity (Wildman–Crippen MR) is 88.5 cm³/mol. The van der Waals surface area contributed by atoms with Crippen molar-refractivity contribution in [3.8, 4) is 0 Å². The number of rotatable bonds is 2. The number of amides is 1. The van der Waals surface area contributed by atoms with Crippen LogP contribution in [0, 0.1) is 0 Å². The van der Waals surface area contributed by atoms with Crippen molar-refractivity contribution in [2.24, 2.45) is 0 Å². The van der Waals surface area contributed by atoms with Gasteiger partial charge >= 0.3 is 0 Å². The number of aryl methyl sites for hydroxylation is 2. The normalized spacial score (nSPS) is 21.5. The van der Waals surface area contributed by atoms with Gasteiger partial charge in [-0.2, -0.15) is 0 Å². The Morgan fingerprint density at radius 1 is 1.32 bits per heavy atom. The van der Waals surface area contributed by atoms with E-state index in [0.29, 0.717) is 0 Å². The van der Waals surface area contributed by atoms with Gasteiger partial charge in [0.1, 0.15) is 23.0 Å². The molecular formula is C16H20N4OS. The van der Waals surface area contributed by atoms with Crippen LogP contribution in [0.4, 0.5) is 5.82 Å². The maximum absolute atomic E-state index is 12.3. The standard InChI is InChI=1S/C16H20N4OS/c1-19-8-7-11(16(19)21)20(2)14-13-10-5-3-4-6-12(10)22-15(13)18-9-17-14/h9,11H,3-8H2,1-2H3/t11-/m0/s1. The smallest absolute Gasteiger partial charge is 0.245 e. The third kappa shape index (κ3) is 2.00. The molecule has 0 spiro atoms. The third-order valence-electron chi connectivity index (χ3n) is 4.93. The Kier molecular flexibility index (Phi) is 3.29. The molecule has 1 fully saturated rings. The fourth-order valence-electron chi connectivity index (χ4n) is 3.65. The molecule has 0 radical (unpaired) electrons. The van der Waals surface area contributed by atoms with E-state index in [-0.39, 0.29) is 11.9 Å². The summed E-state index contributed by atoms with van der Waals surface area (Å²) in [6.07, 6.45) is 7.28. The average molecular weight is 316 g/mol. The number of hydrogen-bond acceptors (Lipinski definition) is 5. The molecule has 116 valence electrons. The molecule has 6 heteroatoms. The van der Waals surface area contributed by atoms with Crippen molar-refractivity contribution in [2.45, 2.75) is 38.1 Å². The Morgan fingerprint density at radius 3 is 2.91 bits per heavy atom. The van der Waals surface area contributed by atoms with Crippen LogP contribution in [0.1, 0.15) is 29.7 Å². The maximum atomic E-state index is 12.3. The van der Waals surface area contributed by atoms with E-state index in [4.69, 9.17) is 0 Å². The number of carbonyl (C=O) groups is 1. The molecule has 1 saturated heterocycles. The highest BCUT2D eigenvalue weighted by molar-refractivity contribution is 7.19. The van der Waals surface area contributed by atoms with Gasteiger partial charge in [0.2, 0.25) is 5.91 Å². The van der Waals surface area contributed by atoms with Gasteiger partial charge in [-0.15, -0.1) is 11.3 Å². The molecule has 3 heterocycles. The highest BCUT2D eigenvalue weighted by Crippen LogP contribution is 2.39. The summed E-state index contributed by atoms with van der Waals surface area (Å²) < 4.78 is 0. The molecule has 1 atom stereocenters. The van der Waals surface area contributed by atoms with E-state index in [1.54, 1.807) is 17.7 Å². The predicted octanol–water partition coefficient (Wildman–Crippen LogP) is 2.24. The molecule has 1 aliphatic carbocycles. The quantitative estimate of drug-likeness (QED) is 0.852. The van der Waals surface area contributed by atoms with Crippen molar-refractivity contribution >= 4 is 33.3 Å². The second kappa shape index (κ2) is 5.19. The van der Waals surface area contributed by atoms with Gasteiger partial charge in [0.05, 0.1) is 5.39 Å². The topological polar surface area (TPSA) is 49.3 Å². The first kappa shape index (κ1) is 13.9. The van der Waals surface area contributed by atoms with Crippen LogP contribution >= 0.6 is 11.3 Å². The van der Waals surface area contributed by atoms with E-state index < -0.39 is 0 Å². The Morgan fingerprint density at radius 2 is 2.14 bits per heavy atom. The number of fused-ring (bicyclic) bond motifs is 3. The minimum absolute atomic E-state index is 0.0951. The summed E-state index contributed by atoms with van der Waals surface area (Å²) in [5.74, 6) is 1.12. The first-order chi connectivity index (χ1) is 10.7. The molecule has 0 saturated carbocycles. The maximum Gasteiger partial charge on any atom is 0.245 e. The zero-order valence-corrected chi connectivity index (χ0v) is 13.8. The number of nitrogens with zero attached hydrogens (tertiary/aromatic N) is 4. The summed E-state index contributed by atoms with van der Waals surface area (Å²) in [6.45, 7) is 0.823. The lowest BCUT2D eigenvalue weighted by molar-refractivity contribution is -0.127. The molecule has 2 aromatic heterocycles. The number of likely N-dealkylation sites (tertiary alicyclic amines) is 1. The van der Waals surface area contributed by atoms with Crippen molar-refractivity contribution in [3.63, 3.8) is 0 Å². The van der Waals surface area contributed by atoms with Crippen LogP contribution in [0.15, 0.2) is 6.33 Å². The molecule has 1 aliphatic heterocycles. The minimum Gasteiger partial charge on any atom is -0.347 e. The molecule has 2 aromatic rings. The molecule has 2 aliphatic rings. The van der Waals surface area contributed by atoms with Crippen LogP contribution in [-0.4, -0.2) is 47.5 Å². The summed E-state index contributed by atoms with van der Waals surface area (Å²) in [6, 6.07) is -0.0951. The molecule has 0 aromatic carbocycles. The zero-order valence-electron chi connectivity index (χ0n) is 13.0. The monoisotopic (exact) mass is 316 g/mol. The van der Waals surface area contributed by atoms with Crippen molar-refractivity contribution in [1.29, 1.82) is 0 Å². The lowest BCUT2D eigenvalue weighted by atomic mass is 9.97. The Bertz CT molecular complexity index is 741. The van der Waals surface area contributed by atoms with E-state index in [9.17, 15) is 4.79 Å². The first-order valence-corrected chi connectivity index (χ1v) is 8.71. The van der Waals surface area contributed by atoms with Gasteiger partial charge in [-0.3, -0.25) is 4.79 Å². The van der Waals surface area contributed by atoms with Gasteiger partial charge in [0, 0.05) is 25.5 Å². The van der Waals surface area contributed by atoms with E-state index in [0.717, 1.165) is 36.5 Å². The molecule has 0 unspecified atom stereocenters. The Hall–Kier alpha value is -1.69. The highest BCUT2D eigenvalue weighted by atomic mass is 32.1. The average Bonchev–Trinajstić information content (AvgIpc) is 3.07. The fraction of sp³-hybridized carbons (Fsp3) is 0.562. The van der Waals surface area contributed by atoms with E-state index in [1.165, 1.54) is 28.7 Å². The van der Waals surface area contributed by atoms with Crippen LogP contribution in [0.25, 0.3) is 10.2 Å². The molecule has 0 bridgehead atoms. The molecular weight excluding hydrogens is 296 g/mol. The van der Waals surface area contributed by atoms with Gasteiger partial charge in [-0.25, -0.2) is 9.97 Å². The first-order valence-electron chi connectivity index (χ1n) is 7.90. The number of likely N-dealkylation sites (N-methyl/N-ethyl adjacent to an activating group) is 2. The van der Waals surface area contributed by atoms with Crippen LogP contribution in [0.5, 0.6) is 0 Å². The van der Waals surface area contributed by atoms with Crippen molar-refractivity contribution < 1.29 is 4.79 Å². The zero-order chi connectivity index (χ0) is 15.3. The van der Waals surface area contributed by atoms with Gasteiger partial charge < -0.3 is 9.80 Å². The minimum atomic E-state index is -0.0951. The molecule has 0 N–H and O–H groups in total. The van der Waals surface area contributed by atoms with Gasteiger partial charge in [-0.1, -0.05) is 0 Å². The van der Waals surface area contributed by atoms with Gasteiger partial charge in [-0.05, 0) is 37.7 Å². The Labute approximate surface area is 134 Å².